The Hall–Kier alpha value is -0.410. The Balaban J connectivity index is 2.30. The monoisotopic (exact) mass is 239 g/mol. The molecule has 1 saturated carbocycles. The van der Waals surface area contributed by atoms with Crippen molar-refractivity contribution in [3.63, 3.8) is 0 Å². The maximum Gasteiger partial charge on any atom is 0.0920 e. The minimum atomic E-state index is -0.559. The molecule has 3 rings (SSSR count). The Morgan fingerprint density at radius 3 is 3.15 bits per heavy atom. The van der Waals surface area contributed by atoms with Crippen LogP contribution in [-0.2, 0) is 5.60 Å². The summed E-state index contributed by atoms with van der Waals surface area (Å²) in [6, 6.07) is 0. The lowest BCUT2D eigenvalue weighted by molar-refractivity contribution is 0.0494. The van der Waals surface area contributed by atoms with Gasteiger partial charge in [-0.2, -0.15) is 0 Å². The molecule has 1 fully saturated rings. The maximum absolute atomic E-state index is 10.3. The summed E-state index contributed by atoms with van der Waals surface area (Å²) in [5.41, 5.74) is 1.79. The van der Waals surface area contributed by atoms with Gasteiger partial charge < -0.3 is 5.11 Å². The Labute approximate surface area is 85.1 Å². The molecule has 1 aromatic rings. The molecule has 2 unspecified atom stereocenters. The third-order valence-electron chi connectivity index (χ3n) is 3.34. The molecule has 2 aliphatic carbocycles. The van der Waals surface area contributed by atoms with Crippen molar-refractivity contribution in [3.8, 4) is 0 Å². The number of nitrogens with zero attached hydrogens (tertiary/aromatic N) is 1. The van der Waals surface area contributed by atoms with E-state index in [4.69, 9.17) is 0 Å². The van der Waals surface area contributed by atoms with Crippen LogP contribution >= 0.6 is 15.9 Å². The molecule has 1 heterocycles. The van der Waals surface area contributed by atoms with Crippen molar-refractivity contribution in [1.82, 2.24) is 4.98 Å². The number of fused-ring (bicyclic) bond motifs is 5. The molecule has 0 radical (unpaired) electrons. The summed E-state index contributed by atoms with van der Waals surface area (Å²) in [7, 11) is 0. The highest BCUT2D eigenvalue weighted by atomic mass is 79.9. The van der Waals surface area contributed by atoms with E-state index in [0.717, 1.165) is 29.3 Å². The molecule has 0 spiro atoms. The second-order valence-corrected chi connectivity index (χ2v) is 4.91. The molecule has 1 N–H and O–H groups in total. The van der Waals surface area contributed by atoms with E-state index in [1.807, 2.05) is 12.4 Å². The van der Waals surface area contributed by atoms with Crippen molar-refractivity contribution < 1.29 is 5.11 Å². The number of halogens is 1. The van der Waals surface area contributed by atoms with Gasteiger partial charge in [-0.3, -0.25) is 4.98 Å². The van der Waals surface area contributed by atoms with Crippen LogP contribution in [0.5, 0.6) is 0 Å². The van der Waals surface area contributed by atoms with Crippen molar-refractivity contribution in [1.29, 1.82) is 0 Å². The molecule has 2 nitrogen and oxygen atoms in total. The molecule has 3 heteroatoms. The van der Waals surface area contributed by atoms with Crippen LogP contribution in [0.15, 0.2) is 16.9 Å². The minimum absolute atomic E-state index is 0.553. The van der Waals surface area contributed by atoms with Crippen molar-refractivity contribution in [2.24, 2.45) is 0 Å². The highest BCUT2D eigenvalue weighted by Gasteiger charge is 2.48. The van der Waals surface area contributed by atoms with Gasteiger partial charge in [-0.25, -0.2) is 0 Å². The predicted molar refractivity (Wildman–Crippen MR) is 52.4 cm³/mol. The van der Waals surface area contributed by atoms with E-state index in [-0.39, 0.29) is 0 Å². The van der Waals surface area contributed by atoms with Gasteiger partial charge in [-0.05, 0) is 46.7 Å². The number of rotatable bonds is 0. The van der Waals surface area contributed by atoms with E-state index >= 15 is 0 Å². The molecule has 2 aliphatic rings. The first-order valence-electron chi connectivity index (χ1n) is 4.57. The smallest absolute Gasteiger partial charge is 0.0920 e. The summed E-state index contributed by atoms with van der Waals surface area (Å²) >= 11 is 3.50. The third-order valence-corrected chi connectivity index (χ3v) is 3.97. The lowest BCUT2D eigenvalue weighted by Gasteiger charge is -2.22. The van der Waals surface area contributed by atoms with Crippen LogP contribution in [0, 0.1) is 0 Å². The van der Waals surface area contributed by atoms with E-state index in [1.54, 1.807) is 0 Å². The molecular formula is C10H10BrNO. The average Bonchev–Trinajstić information content (AvgIpc) is 2.59. The summed E-state index contributed by atoms with van der Waals surface area (Å²) < 4.78 is 1.06. The molecule has 2 bridgehead atoms. The lowest BCUT2D eigenvalue weighted by atomic mass is 9.91. The van der Waals surface area contributed by atoms with Gasteiger partial charge in [0.2, 0.25) is 0 Å². The first-order valence-corrected chi connectivity index (χ1v) is 5.36. The largest absolute Gasteiger partial charge is 0.385 e. The molecule has 1 aromatic heterocycles. The Bertz CT molecular complexity index is 379. The van der Waals surface area contributed by atoms with Crippen molar-refractivity contribution >= 4 is 15.9 Å². The summed E-state index contributed by atoms with van der Waals surface area (Å²) in [4.78, 5) is 4.11. The van der Waals surface area contributed by atoms with Crippen molar-refractivity contribution in [2.75, 3.05) is 0 Å². The molecule has 68 valence electrons. The highest BCUT2D eigenvalue weighted by molar-refractivity contribution is 9.10. The van der Waals surface area contributed by atoms with Gasteiger partial charge in [-0.1, -0.05) is 0 Å². The zero-order chi connectivity index (χ0) is 9.05. The second kappa shape index (κ2) is 2.34. The topological polar surface area (TPSA) is 33.1 Å². The predicted octanol–water partition coefficient (Wildman–Crippen LogP) is 2.31. The average molecular weight is 240 g/mol. The van der Waals surface area contributed by atoms with Gasteiger partial charge in [0.1, 0.15) is 0 Å². The Morgan fingerprint density at radius 1 is 1.54 bits per heavy atom. The van der Waals surface area contributed by atoms with Crippen LogP contribution in [0.1, 0.15) is 36.3 Å². The van der Waals surface area contributed by atoms with Crippen molar-refractivity contribution in [2.45, 2.75) is 30.8 Å². The molecule has 2 atom stereocenters. The number of aromatic nitrogens is 1. The van der Waals surface area contributed by atoms with Crippen LogP contribution in [0.2, 0.25) is 0 Å². The fourth-order valence-corrected chi connectivity index (χ4v) is 3.40. The number of pyridine rings is 1. The zero-order valence-electron chi connectivity index (χ0n) is 7.13. The number of hydrogen-bond donors (Lipinski definition) is 1. The standard InChI is InChI=1S/C10H10BrNO/c11-8-5-12-4-7-9(8)6-1-2-10(7,13)3-6/h4-6,13H,1-3H2. The van der Waals surface area contributed by atoms with Crippen LogP contribution in [-0.4, -0.2) is 10.1 Å². The van der Waals surface area contributed by atoms with Gasteiger partial charge in [0.25, 0.3) is 0 Å². The van der Waals surface area contributed by atoms with Gasteiger partial charge in [0, 0.05) is 22.4 Å². The van der Waals surface area contributed by atoms with Crippen LogP contribution in [0.3, 0.4) is 0 Å². The van der Waals surface area contributed by atoms with E-state index < -0.39 is 5.60 Å². The summed E-state index contributed by atoms with van der Waals surface area (Å²) in [6.45, 7) is 0. The van der Waals surface area contributed by atoms with E-state index in [1.165, 1.54) is 5.56 Å². The van der Waals surface area contributed by atoms with Gasteiger partial charge >= 0.3 is 0 Å². The summed E-state index contributed by atoms with van der Waals surface area (Å²) in [5.74, 6) is 0.553. The summed E-state index contributed by atoms with van der Waals surface area (Å²) in [6.07, 6.45) is 6.56. The molecule has 0 saturated heterocycles. The van der Waals surface area contributed by atoms with Gasteiger partial charge in [0.15, 0.2) is 0 Å². The van der Waals surface area contributed by atoms with Crippen LogP contribution in [0.4, 0.5) is 0 Å². The second-order valence-electron chi connectivity index (χ2n) is 4.05. The maximum atomic E-state index is 10.3. The van der Waals surface area contributed by atoms with Crippen LogP contribution in [0.25, 0.3) is 0 Å². The van der Waals surface area contributed by atoms with Gasteiger partial charge in [-0.15, -0.1) is 0 Å². The van der Waals surface area contributed by atoms with Crippen molar-refractivity contribution in [3.05, 3.63) is 28.0 Å². The third kappa shape index (κ3) is 0.891. The first kappa shape index (κ1) is 7.94. The SMILES string of the molecule is OC12CCC(C1)c1c(Br)cncc12. The Kier molecular flexibility index (Phi) is 1.43. The van der Waals surface area contributed by atoms with E-state index in [0.29, 0.717) is 5.92 Å². The molecule has 0 aromatic carbocycles. The summed E-state index contributed by atoms with van der Waals surface area (Å²) in [5, 5.41) is 10.3. The first-order chi connectivity index (χ1) is 6.21. The minimum Gasteiger partial charge on any atom is -0.385 e. The lowest BCUT2D eigenvalue weighted by Crippen LogP contribution is -2.19. The fraction of sp³-hybridized carbons (Fsp3) is 0.500. The zero-order valence-corrected chi connectivity index (χ0v) is 8.71. The van der Waals surface area contributed by atoms with E-state index in [9.17, 15) is 5.11 Å². The van der Waals surface area contributed by atoms with Crippen LogP contribution < -0.4 is 0 Å². The quantitative estimate of drug-likeness (QED) is 0.754. The molecule has 0 amide bonds. The molecule has 0 aliphatic heterocycles. The number of aliphatic hydroxyl groups is 1. The highest BCUT2D eigenvalue weighted by Crippen LogP contribution is 2.56. The molecule has 13 heavy (non-hydrogen) atoms. The Morgan fingerprint density at radius 2 is 2.38 bits per heavy atom. The number of hydrogen-bond acceptors (Lipinski definition) is 2. The fourth-order valence-electron chi connectivity index (χ4n) is 2.75. The molecular weight excluding hydrogens is 230 g/mol. The van der Waals surface area contributed by atoms with Gasteiger partial charge in [0.05, 0.1) is 5.60 Å². The normalized spacial score (nSPS) is 35.1. The van der Waals surface area contributed by atoms with E-state index in [2.05, 4.69) is 20.9 Å².